The topological polar surface area (TPSA) is 48.0 Å². The van der Waals surface area contributed by atoms with Gasteiger partial charge < -0.3 is 20.1 Å². The zero-order valence-electron chi connectivity index (χ0n) is 15.4. The van der Waals surface area contributed by atoms with Gasteiger partial charge >= 0.3 is 0 Å². The first-order chi connectivity index (χ1) is 11.7. The van der Waals surface area contributed by atoms with Crippen LogP contribution < -0.4 is 10.1 Å². The van der Waals surface area contributed by atoms with E-state index in [1.165, 1.54) is 5.56 Å². The summed E-state index contributed by atoms with van der Waals surface area (Å²) < 4.78 is 5.20. The van der Waals surface area contributed by atoms with Crippen LogP contribution in [0.25, 0.3) is 0 Å². The predicted octanol–water partition coefficient (Wildman–Crippen LogP) is 1.56. The largest absolute Gasteiger partial charge is 0.497 e. The van der Waals surface area contributed by atoms with Crippen molar-refractivity contribution >= 4 is 0 Å². The van der Waals surface area contributed by atoms with E-state index < -0.39 is 0 Å². The monoisotopic (exact) mass is 335 g/mol. The van der Waals surface area contributed by atoms with Crippen molar-refractivity contribution in [3.8, 4) is 5.75 Å². The molecule has 0 amide bonds. The number of aliphatic hydroxyl groups is 1. The van der Waals surface area contributed by atoms with Crippen LogP contribution in [0.1, 0.15) is 25.8 Å². The zero-order chi connectivity index (χ0) is 17.4. The summed E-state index contributed by atoms with van der Waals surface area (Å²) in [6, 6.07) is 8.40. The molecular weight excluding hydrogens is 302 g/mol. The van der Waals surface area contributed by atoms with Crippen molar-refractivity contribution < 1.29 is 9.84 Å². The van der Waals surface area contributed by atoms with E-state index in [4.69, 9.17) is 4.74 Å². The Morgan fingerprint density at radius 2 is 1.96 bits per heavy atom. The fraction of sp³-hybridized carbons (Fsp3) is 0.684. The molecule has 2 N–H and O–H groups in total. The number of β-amino-alcohol motifs (C(OH)–C–C–N with tert-alkyl or cyclic N) is 1. The molecule has 1 aromatic carbocycles. The van der Waals surface area contributed by atoms with E-state index in [2.05, 4.69) is 41.1 Å². The third-order valence-corrected chi connectivity index (χ3v) is 4.96. The Morgan fingerprint density at radius 1 is 1.25 bits per heavy atom. The Labute approximate surface area is 146 Å². The Kier molecular flexibility index (Phi) is 7.99. The lowest BCUT2D eigenvalue weighted by molar-refractivity contribution is 0.0364. The van der Waals surface area contributed by atoms with Gasteiger partial charge in [-0.3, -0.25) is 4.90 Å². The third kappa shape index (κ3) is 5.74. The third-order valence-electron chi connectivity index (χ3n) is 4.96. The highest BCUT2D eigenvalue weighted by atomic mass is 16.5. The van der Waals surface area contributed by atoms with E-state index in [1.54, 1.807) is 7.11 Å². The molecule has 0 spiro atoms. The van der Waals surface area contributed by atoms with Crippen LogP contribution in [0.4, 0.5) is 0 Å². The fourth-order valence-corrected chi connectivity index (χ4v) is 3.32. The van der Waals surface area contributed by atoms with Gasteiger partial charge in [-0.2, -0.15) is 0 Å². The molecule has 0 bridgehead atoms. The number of likely N-dealkylation sites (N-methyl/N-ethyl adjacent to an activating group) is 1. The molecule has 1 fully saturated rings. The van der Waals surface area contributed by atoms with Crippen LogP contribution in [0.3, 0.4) is 0 Å². The lowest BCUT2D eigenvalue weighted by Crippen LogP contribution is -2.53. The van der Waals surface area contributed by atoms with Gasteiger partial charge in [0, 0.05) is 38.8 Å². The minimum atomic E-state index is -0.297. The van der Waals surface area contributed by atoms with Crippen molar-refractivity contribution in [2.24, 2.45) is 0 Å². The highest BCUT2D eigenvalue weighted by Gasteiger charge is 2.27. The van der Waals surface area contributed by atoms with Gasteiger partial charge in [-0.1, -0.05) is 26.0 Å². The average molecular weight is 335 g/mol. The second-order valence-corrected chi connectivity index (χ2v) is 6.53. The van der Waals surface area contributed by atoms with Crippen molar-refractivity contribution in [3.05, 3.63) is 29.8 Å². The Hall–Kier alpha value is -1.14. The SMILES string of the molecule is CCN(CC)CCN[C@@H]1CCN(Cc2ccc(OC)cc2)C[C@H]1O. The van der Waals surface area contributed by atoms with Crippen molar-refractivity contribution in [2.75, 3.05) is 46.4 Å². The number of rotatable bonds is 9. The van der Waals surface area contributed by atoms with Crippen molar-refractivity contribution in [1.29, 1.82) is 0 Å². The average Bonchev–Trinajstić information content (AvgIpc) is 2.61. The number of benzene rings is 1. The van der Waals surface area contributed by atoms with Crippen LogP contribution >= 0.6 is 0 Å². The van der Waals surface area contributed by atoms with Crippen molar-refractivity contribution in [1.82, 2.24) is 15.1 Å². The van der Waals surface area contributed by atoms with Crippen molar-refractivity contribution in [2.45, 2.75) is 39.0 Å². The molecule has 24 heavy (non-hydrogen) atoms. The number of methoxy groups -OCH3 is 1. The molecule has 1 aliphatic heterocycles. The normalized spacial score (nSPS) is 22.0. The second kappa shape index (κ2) is 9.99. The van der Waals surface area contributed by atoms with E-state index in [-0.39, 0.29) is 12.1 Å². The van der Waals surface area contributed by atoms with Crippen LogP contribution in [0.15, 0.2) is 24.3 Å². The van der Waals surface area contributed by atoms with E-state index in [0.717, 1.165) is 58.0 Å². The molecule has 2 atom stereocenters. The number of nitrogens with zero attached hydrogens (tertiary/aromatic N) is 2. The maximum atomic E-state index is 10.4. The minimum Gasteiger partial charge on any atom is -0.497 e. The maximum absolute atomic E-state index is 10.4. The summed E-state index contributed by atoms with van der Waals surface area (Å²) in [4.78, 5) is 4.73. The van der Waals surface area contributed by atoms with E-state index in [9.17, 15) is 5.11 Å². The van der Waals surface area contributed by atoms with Gasteiger partial charge in [0.25, 0.3) is 0 Å². The Balaban J connectivity index is 1.73. The standard InChI is InChI=1S/C19H33N3O2/c1-4-21(5-2)13-11-20-18-10-12-22(15-19(18)23)14-16-6-8-17(24-3)9-7-16/h6-9,18-20,23H,4-5,10-15H2,1-3H3/t18-,19-/m1/s1. The smallest absolute Gasteiger partial charge is 0.118 e. The van der Waals surface area contributed by atoms with Gasteiger partial charge in [0.2, 0.25) is 0 Å². The molecule has 0 aliphatic carbocycles. The molecule has 2 rings (SSSR count). The predicted molar refractivity (Wildman–Crippen MR) is 98.5 cm³/mol. The summed E-state index contributed by atoms with van der Waals surface area (Å²) in [6.45, 7) is 11.2. The maximum Gasteiger partial charge on any atom is 0.118 e. The van der Waals surface area contributed by atoms with E-state index in [0.29, 0.717) is 0 Å². The van der Waals surface area contributed by atoms with E-state index >= 15 is 0 Å². The number of hydrogen-bond donors (Lipinski definition) is 2. The highest BCUT2D eigenvalue weighted by Crippen LogP contribution is 2.17. The summed E-state index contributed by atoms with van der Waals surface area (Å²) >= 11 is 0. The summed E-state index contributed by atoms with van der Waals surface area (Å²) in [5.74, 6) is 0.884. The van der Waals surface area contributed by atoms with Gasteiger partial charge in [0.05, 0.1) is 13.2 Å². The Bertz CT molecular complexity index is 462. The summed E-state index contributed by atoms with van der Waals surface area (Å²) in [5, 5.41) is 14.0. The number of likely N-dealkylation sites (tertiary alicyclic amines) is 1. The van der Waals surface area contributed by atoms with Crippen LogP contribution in [-0.2, 0) is 6.54 Å². The summed E-state index contributed by atoms with van der Waals surface area (Å²) in [6.07, 6.45) is 0.698. The lowest BCUT2D eigenvalue weighted by atomic mass is 10.0. The van der Waals surface area contributed by atoms with Gasteiger partial charge in [-0.25, -0.2) is 0 Å². The van der Waals surface area contributed by atoms with Crippen LogP contribution in [0, 0.1) is 0 Å². The van der Waals surface area contributed by atoms with Crippen LogP contribution in [0.2, 0.25) is 0 Å². The van der Waals surface area contributed by atoms with Gasteiger partial charge in [-0.05, 0) is 37.2 Å². The quantitative estimate of drug-likeness (QED) is 0.717. The molecule has 5 heteroatoms. The zero-order valence-corrected chi connectivity index (χ0v) is 15.4. The molecule has 0 radical (unpaired) electrons. The Morgan fingerprint density at radius 3 is 2.54 bits per heavy atom. The molecule has 136 valence electrons. The molecule has 1 saturated heterocycles. The number of ether oxygens (including phenoxy) is 1. The number of aliphatic hydroxyl groups excluding tert-OH is 1. The first-order valence-electron chi connectivity index (χ1n) is 9.15. The number of hydrogen-bond acceptors (Lipinski definition) is 5. The summed E-state index contributed by atoms with van der Waals surface area (Å²) in [7, 11) is 1.68. The van der Waals surface area contributed by atoms with Crippen molar-refractivity contribution in [3.63, 3.8) is 0 Å². The number of nitrogens with one attached hydrogen (secondary N) is 1. The molecule has 0 saturated carbocycles. The first kappa shape index (κ1) is 19.2. The molecular formula is C19H33N3O2. The van der Waals surface area contributed by atoms with Gasteiger partial charge in [0.15, 0.2) is 0 Å². The molecule has 1 heterocycles. The molecule has 5 nitrogen and oxygen atoms in total. The van der Waals surface area contributed by atoms with Crippen LogP contribution in [0.5, 0.6) is 5.75 Å². The van der Waals surface area contributed by atoms with Crippen LogP contribution in [-0.4, -0.2) is 73.4 Å². The molecule has 0 unspecified atom stereocenters. The molecule has 0 aromatic heterocycles. The summed E-state index contributed by atoms with van der Waals surface area (Å²) in [5.41, 5.74) is 1.26. The highest BCUT2D eigenvalue weighted by molar-refractivity contribution is 5.27. The fourth-order valence-electron chi connectivity index (χ4n) is 3.32. The second-order valence-electron chi connectivity index (χ2n) is 6.53. The minimum absolute atomic E-state index is 0.215. The number of piperidine rings is 1. The van der Waals surface area contributed by atoms with E-state index in [1.807, 2.05) is 12.1 Å². The molecule has 1 aliphatic rings. The van der Waals surface area contributed by atoms with Gasteiger partial charge in [0.1, 0.15) is 5.75 Å². The lowest BCUT2D eigenvalue weighted by Gasteiger charge is -2.36. The first-order valence-corrected chi connectivity index (χ1v) is 9.15. The van der Waals surface area contributed by atoms with Gasteiger partial charge in [-0.15, -0.1) is 0 Å². The molecule has 1 aromatic rings.